The summed E-state index contributed by atoms with van der Waals surface area (Å²) in [6, 6.07) is 8.69. The first-order chi connectivity index (χ1) is 7.17. The Hall–Kier alpha value is -1.95. The highest BCUT2D eigenvalue weighted by Crippen LogP contribution is 2.14. The summed E-state index contributed by atoms with van der Waals surface area (Å²) in [6.45, 7) is -0.362. The van der Waals surface area contributed by atoms with Crippen LogP contribution in [0.2, 0.25) is 0 Å². The summed E-state index contributed by atoms with van der Waals surface area (Å²) in [6.07, 6.45) is 0. The van der Waals surface area contributed by atoms with Crippen molar-refractivity contribution in [1.29, 1.82) is 0 Å². The number of carboxylic acids is 1. The van der Waals surface area contributed by atoms with Gasteiger partial charge >= 0.3 is 5.97 Å². The average molecular weight is 213 g/mol. The van der Waals surface area contributed by atoms with Crippen LogP contribution in [0.5, 0.6) is 0 Å². The third-order valence-corrected chi connectivity index (χ3v) is 1.68. The Kier molecular flexibility index (Phi) is 6.48. The van der Waals surface area contributed by atoms with Crippen LogP contribution in [0, 0.1) is 4.91 Å². The Balaban J connectivity index is 0.000000583. The monoisotopic (exact) mass is 213 g/mol. The van der Waals surface area contributed by atoms with Gasteiger partial charge in [0.05, 0.1) is 6.61 Å². The second-order valence-corrected chi connectivity index (χ2v) is 2.57. The van der Waals surface area contributed by atoms with Crippen molar-refractivity contribution in [3.05, 3.63) is 40.8 Å². The van der Waals surface area contributed by atoms with Gasteiger partial charge in [0.1, 0.15) is 5.92 Å². The minimum absolute atomic E-state index is 0.362. The molecule has 6 nitrogen and oxygen atoms in total. The first kappa shape index (κ1) is 13.1. The highest BCUT2D eigenvalue weighted by atomic mass is 16.6. The van der Waals surface area contributed by atoms with E-state index in [-0.39, 0.29) is 6.61 Å². The zero-order valence-electron chi connectivity index (χ0n) is 7.78. The molecule has 0 aromatic heterocycles. The van der Waals surface area contributed by atoms with E-state index >= 15 is 0 Å². The van der Waals surface area contributed by atoms with Crippen LogP contribution in [0.4, 0.5) is 0 Å². The predicted octanol–water partition coefficient (Wildman–Crippen LogP) is 0.989. The Morgan fingerprint density at radius 2 is 1.80 bits per heavy atom. The second-order valence-electron chi connectivity index (χ2n) is 2.57. The number of nitrogens with zero attached hydrogens (tertiary/aromatic N) is 1. The molecular formula is C9H11NO5. The van der Waals surface area contributed by atoms with Crippen molar-refractivity contribution >= 4 is 5.97 Å². The topological polar surface area (TPSA) is 107 Å². The summed E-state index contributed by atoms with van der Waals surface area (Å²) in [5.41, 5.74) is 0.632. The number of benzene rings is 1. The molecule has 0 saturated carbocycles. The highest BCUT2D eigenvalue weighted by Gasteiger charge is 2.17. The maximum Gasteiger partial charge on any atom is 0.313 e. The third-order valence-electron chi connectivity index (χ3n) is 1.68. The minimum Gasteiger partial charge on any atom is -0.481 e. The van der Waals surface area contributed by atoms with Crippen LogP contribution in [0.3, 0.4) is 0 Å². The molecule has 0 aliphatic heterocycles. The van der Waals surface area contributed by atoms with Gasteiger partial charge in [-0.2, -0.15) is 0 Å². The molecule has 0 radical (unpaired) electrons. The number of aliphatic hydroxyl groups is 1. The number of hydrogen-bond acceptors (Lipinski definition) is 4. The molecule has 0 fully saturated rings. The van der Waals surface area contributed by atoms with Crippen molar-refractivity contribution in [2.24, 2.45) is 5.34 Å². The van der Waals surface area contributed by atoms with Crippen molar-refractivity contribution in [3.63, 3.8) is 0 Å². The number of aliphatic hydroxyl groups excluding tert-OH is 1. The summed E-state index contributed by atoms with van der Waals surface area (Å²) in [4.78, 5) is 18.7. The van der Waals surface area contributed by atoms with Gasteiger partial charge in [-0.25, -0.2) is 0 Å². The first-order valence-electron chi connectivity index (χ1n) is 4.02. The minimum atomic E-state index is -0.997. The molecule has 15 heavy (non-hydrogen) atoms. The largest absolute Gasteiger partial charge is 0.481 e. The normalized spacial score (nSPS) is 10.7. The molecule has 1 unspecified atom stereocenters. The molecule has 0 amide bonds. The maximum atomic E-state index is 10.6. The number of carboxylic acid groups (broad SMARTS) is 1. The first-order valence-corrected chi connectivity index (χ1v) is 4.02. The van der Waals surface area contributed by atoms with Gasteiger partial charge in [0.25, 0.3) is 0 Å². The van der Waals surface area contributed by atoms with E-state index < -0.39 is 11.9 Å². The standard InChI is InChI=1S/C9H10O3.HNO2/c10-6-8(9(11)12)7-4-2-1-3-5-7;2-1-3/h1-5,8,10H,6H2,(H,11,12);(H,2,3). The lowest BCUT2D eigenvalue weighted by atomic mass is 10.0. The van der Waals surface area contributed by atoms with Crippen LogP contribution in [-0.4, -0.2) is 28.0 Å². The van der Waals surface area contributed by atoms with Crippen molar-refractivity contribution in [2.75, 3.05) is 6.61 Å². The lowest BCUT2D eigenvalue weighted by Crippen LogP contribution is -2.15. The lowest BCUT2D eigenvalue weighted by molar-refractivity contribution is -0.139. The Bertz CT molecular complexity index is 301. The number of rotatable bonds is 3. The van der Waals surface area contributed by atoms with Gasteiger partial charge in [-0.3, -0.25) is 4.79 Å². The number of aliphatic carboxylic acids is 1. The van der Waals surface area contributed by atoms with Crippen molar-refractivity contribution in [1.82, 2.24) is 0 Å². The van der Waals surface area contributed by atoms with Gasteiger partial charge in [-0.15, -0.1) is 4.91 Å². The fourth-order valence-electron chi connectivity index (χ4n) is 1.01. The summed E-state index contributed by atoms with van der Waals surface area (Å²) in [5.74, 6) is -1.80. The lowest BCUT2D eigenvalue weighted by Gasteiger charge is -2.07. The molecular weight excluding hydrogens is 202 g/mol. The Morgan fingerprint density at radius 3 is 2.13 bits per heavy atom. The van der Waals surface area contributed by atoms with Gasteiger partial charge in [0.2, 0.25) is 0 Å². The molecule has 1 atom stereocenters. The van der Waals surface area contributed by atoms with Crippen LogP contribution in [0.1, 0.15) is 11.5 Å². The Morgan fingerprint density at radius 1 is 1.33 bits per heavy atom. The van der Waals surface area contributed by atoms with Gasteiger partial charge in [0.15, 0.2) is 5.34 Å². The summed E-state index contributed by atoms with van der Waals surface area (Å²) in [5, 5.41) is 25.3. The summed E-state index contributed by atoms with van der Waals surface area (Å²) < 4.78 is 0. The van der Waals surface area contributed by atoms with E-state index in [2.05, 4.69) is 0 Å². The molecule has 1 aromatic carbocycles. The maximum absolute atomic E-state index is 10.6. The van der Waals surface area contributed by atoms with E-state index in [1.807, 2.05) is 0 Å². The zero-order chi connectivity index (χ0) is 11.7. The van der Waals surface area contributed by atoms with Gasteiger partial charge in [0, 0.05) is 0 Å². The van der Waals surface area contributed by atoms with Crippen molar-refractivity contribution in [2.45, 2.75) is 5.92 Å². The second kappa shape index (κ2) is 7.45. The third kappa shape index (κ3) is 4.72. The van der Waals surface area contributed by atoms with Gasteiger partial charge in [-0.1, -0.05) is 30.3 Å². The molecule has 0 aliphatic rings. The van der Waals surface area contributed by atoms with E-state index in [0.717, 1.165) is 0 Å². The quantitative estimate of drug-likeness (QED) is 0.512. The van der Waals surface area contributed by atoms with Crippen LogP contribution in [-0.2, 0) is 4.79 Å². The average Bonchev–Trinajstić information content (AvgIpc) is 2.21. The van der Waals surface area contributed by atoms with Crippen LogP contribution >= 0.6 is 0 Å². The Labute approximate surface area is 85.7 Å². The van der Waals surface area contributed by atoms with Crippen LogP contribution < -0.4 is 0 Å². The smallest absolute Gasteiger partial charge is 0.313 e. The van der Waals surface area contributed by atoms with Gasteiger partial charge in [-0.05, 0) is 5.56 Å². The molecule has 6 heteroatoms. The summed E-state index contributed by atoms with van der Waals surface area (Å²) in [7, 11) is 0. The number of carbonyl (C=O) groups is 1. The molecule has 1 rings (SSSR count). The fourth-order valence-corrected chi connectivity index (χ4v) is 1.01. The van der Waals surface area contributed by atoms with Crippen molar-refractivity contribution in [3.8, 4) is 0 Å². The fraction of sp³-hybridized carbons (Fsp3) is 0.222. The highest BCUT2D eigenvalue weighted by molar-refractivity contribution is 5.76. The molecule has 0 spiro atoms. The van der Waals surface area contributed by atoms with Crippen LogP contribution in [0.15, 0.2) is 35.7 Å². The SMILES string of the molecule is O=C(O)C(CO)c1ccccc1.O=NO. The van der Waals surface area contributed by atoms with Crippen molar-refractivity contribution < 1.29 is 20.2 Å². The molecule has 3 N–H and O–H groups in total. The van der Waals surface area contributed by atoms with E-state index in [9.17, 15) is 4.79 Å². The van der Waals surface area contributed by atoms with Gasteiger partial charge < -0.3 is 15.4 Å². The van der Waals surface area contributed by atoms with E-state index in [1.165, 1.54) is 5.34 Å². The molecule has 0 bridgehead atoms. The van der Waals surface area contributed by atoms with E-state index in [1.54, 1.807) is 30.3 Å². The molecule has 82 valence electrons. The van der Waals surface area contributed by atoms with E-state index in [0.29, 0.717) is 5.56 Å². The molecule has 1 aromatic rings. The number of hydrogen-bond donors (Lipinski definition) is 3. The zero-order valence-corrected chi connectivity index (χ0v) is 7.78. The molecule has 0 saturated heterocycles. The molecule has 0 aliphatic carbocycles. The predicted molar refractivity (Wildman–Crippen MR) is 51.5 cm³/mol. The summed E-state index contributed by atoms with van der Waals surface area (Å²) >= 11 is 0. The van der Waals surface area contributed by atoms with Crippen LogP contribution in [0.25, 0.3) is 0 Å². The molecule has 0 heterocycles. The van der Waals surface area contributed by atoms with E-state index in [4.69, 9.17) is 20.3 Å².